The molecule has 0 atom stereocenters. The van der Waals surface area contributed by atoms with Gasteiger partial charge in [0, 0.05) is 19.5 Å². The number of amides is 2. The third kappa shape index (κ3) is 5.89. The third-order valence-electron chi connectivity index (χ3n) is 2.96. The van der Waals surface area contributed by atoms with Crippen molar-refractivity contribution < 1.29 is 18.4 Å². The van der Waals surface area contributed by atoms with Crippen molar-refractivity contribution in [3.8, 4) is 0 Å². The largest absolute Gasteiger partial charge is 0.334 e. The normalized spacial score (nSPS) is 10.6. The lowest BCUT2D eigenvalue weighted by atomic mass is 10.1. The van der Waals surface area contributed by atoms with Gasteiger partial charge in [0.15, 0.2) is 0 Å². The summed E-state index contributed by atoms with van der Waals surface area (Å²) in [5.74, 6) is -1.89. The summed E-state index contributed by atoms with van der Waals surface area (Å²) in [5.41, 5.74) is -0.103. The van der Waals surface area contributed by atoms with E-state index in [1.807, 2.05) is 13.8 Å². The van der Waals surface area contributed by atoms with E-state index in [9.17, 15) is 18.4 Å². The Morgan fingerprint density at radius 2 is 1.95 bits per heavy atom. The molecule has 0 unspecified atom stereocenters. The first-order valence-corrected chi connectivity index (χ1v) is 6.80. The molecule has 2 amide bonds. The molecule has 0 heterocycles. The molecule has 4 nitrogen and oxygen atoms in total. The summed E-state index contributed by atoms with van der Waals surface area (Å²) < 4.78 is 26.2. The minimum Gasteiger partial charge on any atom is -0.334 e. The van der Waals surface area contributed by atoms with E-state index < -0.39 is 17.5 Å². The predicted octanol–water partition coefficient (Wildman–Crippen LogP) is 2.80. The SMILES string of the molecule is CC(=O)N(CCC(C)C)CC(=O)Nc1ccc(F)cc1F. The lowest BCUT2D eigenvalue weighted by Gasteiger charge is -2.21. The number of halogens is 2. The van der Waals surface area contributed by atoms with Gasteiger partial charge in [0.1, 0.15) is 11.6 Å². The van der Waals surface area contributed by atoms with Gasteiger partial charge in [-0.2, -0.15) is 0 Å². The van der Waals surface area contributed by atoms with Gasteiger partial charge in [0.05, 0.1) is 12.2 Å². The topological polar surface area (TPSA) is 49.4 Å². The summed E-state index contributed by atoms with van der Waals surface area (Å²) in [6.45, 7) is 5.73. The van der Waals surface area contributed by atoms with Crippen LogP contribution in [-0.2, 0) is 9.59 Å². The molecule has 1 N–H and O–H groups in total. The number of hydrogen-bond donors (Lipinski definition) is 1. The van der Waals surface area contributed by atoms with Crippen LogP contribution in [0.25, 0.3) is 0 Å². The fourth-order valence-electron chi connectivity index (χ4n) is 1.72. The van der Waals surface area contributed by atoms with Gasteiger partial charge in [-0.3, -0.25) is 9.59 Å². The molecule has 0 saturated heterocycles. The zero-order chi connectivity index (χ0) is 16.0. The summed E-state index contributed by atoms with van der Waals surface area (Å²) in [5, 5.41) is 2.34. The van der Waals surface area contributed by atoms with E-state index in [1.54, 1.807) is 0 Å². The molecule has 6 heteroatoms. The number of carbonyl (C=O) groups excluding carboxylic acids is 2. The Labute approximate surface area is 123 Å². The number of nitrogens with zero attached hydrogens (tertiary/aromatic N) is 1. The molecule has 0 aliphatic rings. The molecule has 21 heavy (non-hydrogen) atoms. The second kappa shape index (κ2) is 7.71. The van der Waals surface area contributed by atoms with Crippen molar-refractivity contribution in [2.45, 2.75) is 27.2 Å². The Bertz CT molecular complexity index is 518. The van der Waals surface area contributed by atoms with Crippen molar-refractivity contribution >= 4 is 17.5 Å². The maximum absolute atomic E-state index is 13.4. The molecule has 0 saturated carbocycles. The van der Waals surface area contributed by atoms with Crippen LogP contribution in [0.4, 0.5) is 14.5 Å². The first-order chi connectivity index (χ1) is 9.79. The lowest BCUT2D eigenvalue weighted by Crippen LogP contribution is -2.37. The Kier molecular flexibility index (Phi) is 6.27. The van der Waals surface area contributed by atoms with Crippen molar-refractivity contribution in [3.05, 3.63) is 29.8 Å². The van der Waals surface area contributed by atoms with Gasteiger partial charge in [0.2, 0.25) is 11.8 Å². The van der Waals surface area contributed by atoms with E-state index in [1.165, 1.54) is 11.8 Å². The zero-order valence-corrected chi connectivity index (χ0v) is 12.5. The smallest absolute Gasteiger partial charge is 0.244 e. The van der Waals surface area contributed by atoms with Crippen molar-refractivity contribution in [1.29, 1.82) is 0 Å². The molecule has 0 spiro atoms. The average molecular weight is 298 g/mol. The molecule has 0 aromatic heterocycles. The van der Waals surface area contributed by atoms with Gasteiger partial charge in [-0.05, 0) is 24.5 Å². The quantitative estimate of drug-likeness (QED) is 0.878. The zero-order valence-electron chi connectivity index (χ0n) is 12.5. The number of carbonyl (C=O) groups is 2. The molecule has 116 valence electrons. The molecule has 1 aromatic carbocycles. The maximum Gasteiger partial charge on any atom is 0.244 e. The highest BCUT2D eigenvalue weighted by molar-refractivity contribution is 5.94. The Balaban J connectivity index is 2.63. The fourth-order valence-corrected chi connectivity index (χ4v) is 1.72. The number of anilines is 1. The van der Waals surface area contributed by atoms with E-state index in [4.69, 9.17) is 0 Å². The highest BCUT2D eigenvalue weighted by Gasteiger charge is 2.15. The van der Waals surface area contributed by atoms with E-state index >= 15 is 0 Å². The molecular weight excluding hydrogens is 278 g/mol. The Hall–Kier alpha value is -1.98. The fraction of sp³-hybridized carbons (Fsp3) is 0.467. The van der Waals surface area contributed by atoms with Crippen LogP contribution in [0, 0.1) is 17.6 Å². The molecule has 0 bridgehead atoms. The van der Waals surface area contributed by atoms with Crippen LogP contribution in [0.2, 0.25) is 0 Å². The number of hydrogen-bond acceptors (Lipinski definition) is 2. The van der Waals surface area contributed by atoms with Crippen molar-refractivity contribution in [1.82, 2.24) is 4.90 Å². The predicted molar refractivity (Wildman–Crippen MR) is 76.7 cm³/mol. The minimum atomic E-state index is -0.847. The minimum absolute atomic E-state index is 0.103. The Morgan fingerprint density at radius 1 is 1.29 bits per heavy atom. The monoisotopic (exact) mass is 298 g/mol. The number of rotatable bonds is 6. The lowest BCUT2D eigenvalue weighted by molar-refractivity contribution is -0.132. The molecule has 1 rings (SSSR count). The maximum atomic E-state index is 13.4. The Morgan fingerprint density at radius 3 is 2.48 bits per heavy atom. The molecule has 0 fully saturated rings. The summed E-state index contributed by atoms with van der Waals surface area (Å²) in [7, 11) is 0. The summed E-state index contributed by atoms with van der Waals surface area (Å²) in [6.07, 6.45) is 0.776. The summed E-state index contributed by atoms with van der Waals surface area (Å²) >= 11 is 0. The highest BCUT2D eigenvalue weighted by atomic mass is 19.1. The molecule has 1 aromatic rings. The first kappa shape index (κ1) is 17.1. The van der Waals surface area contributed by atoms with Crippen LogP contribution >= 0.6 is 0 Å². The molecule has 0 radical (unpaired) electrons. The molecule has 0 aliphatic carbocycles. The van der Waals surface area contributed by atoms with Crippen LogP contribution in [-0.4, -0.2) is 29.8 Å². The highest BCUT2D eigenvalue weighted by Crippen LogP contribution is 2.15. The average Bonchev–Trinajstić information content (AvgIpc) is 2.37. The van der Waals surface area contributed by atoms with Crippen LogP contribution in [0.5, 0.6) is 0 Å². The third-order valence-corrected chi connectivity index (χ3v) is 2.96. The van der Waals surface area contributed by atoms with Crippen LogP contribution in [0.3, 0.4) is 0 Å². The van der Waals surface area contributed by atoms with Crippen LogP contribution in [0.1, 0.15) is 27.2 Å². The van der Waals surface area contributed by atoms with Gasteiger partial charge >= 0.3 is 0 Å². The van der Waals surface area contributed by atoms with Crippen LogP contribution in [0.15, 0.2) is 18.2 Å². The number of nitrogens with one attached hydrogen (secondary N) is 1. The summed E-state index contributed by atoms with van der Waals surface area (Å²) in [4.78, 5) is 24.7. The molecule has 0 aliphatic heterocycles. The van der Waals surface area contributed by atoms with Crippen LogP contribution < -0.4 is 5.32 Å². The van der Waals surface area contributed by atoms with E-state index in [-0.39, 0.29) is 18.1 Å². The first-order valence-electron chi connectivity index (χ1n) is 6.80. The number of benzene rings is 1. The van der Waals surface area contributed by atoms with E-state index in [0.717, 1.165) is 18.6 Å². The second-order valence-electron chi connectivity index (χ2n) is 5.30. The van der Waals surface area contributed by atoms with Gasteiger partial charge in [0.25, 0.3) is 0 Å². The molecular formula is C15H20F2N2O2. The van der Waals surface area contributed by atoms with Gasteiger partial charge in [-0.15, -0.1) is 0 Å². The van der Waals surface area contributed by atoms with Gasteiger partial charge in [-0.25, -0.2) is 8.78 Å². The standard InChI is InChI=1S/C15H20F2N2O2/c1-10(2)6-7-19(11(3)20)9-15(21)18-14-5-4-12(16)8-13(14)17/h4-5,8,10H,6-7,9H2,1-3H3,(H,18,21). The second-order valence-corrected chi connectivity index (χ2v) is 5.30. The van der Waals surface area contributed by atoms with Gasteiger partial charge < -0.3 is 10.2 Å². The van der Waals surface area contributed by atoms with Crippen molar-refractivity contribution in [3.63, 3.8) is 0 Å². The van der Waals surface area contributed by atoms with Crippen molar-refractivity contribution in [2.75, 3.05) is 18.4 Å². The van der Waals surface area contributed by atoms with E-state index in [2.05, 4.69) is 5.32 Å². The summed E-state index contributed by atoms with van der Waals surface area (Å²) in [6, 6.07) is 2.89. The van der Waals surface area contributed by atoms with Gasteiger partial charge in [-0.1, -0.05) is 13.8 Å². The van der Waals surface area contributed by atoms with Crippen molar-refractivity contribution in [2.24, 2.45) is 5.92 Å². The van der Waals surface area contributed by atoms with E-state index in [0.29, 0.717) is 18.5 Å².